The second-order valence-corrected chi connectivity index (χ2v) is 7.88. The first kappa shape index (κ1) is 22.4. The summed E-state index contributed by atoms with van der Waals surface area (Å²) in [6.07, 6.45) is 0.491. The van der Waals surface area contributed by atoms with Gasteiger partial charge in [0, 0.05) is 66.5 Å². The van der Waals surface area contributed by atoms with Gasteiger partial charge in [0.2, 0.25) is 5.95 Å². The van der Waals surface area contributed by atoms with Crippen LogP contribution in [-0.2, 0) is 0 Å². The molecule has 2 aromatic heterocycles. The van der Waals surface area contributed by atoms with Gasteiger partial charge in [0.1, 0.15) is 5.75 Å². The molecule has 0 amide bonds. The van der Waals surface area contributed by atoms with Crippen molar-refractivity contribution < 1.29 is 17.9 Å². The molecule has 2 heterocycles. The summed E-state index contributed by atoms with van der Waals surface area (Å²) in [5.74, 6) is 0.249. The number of halogens is 3. The van der Waals surface area contributed by atoms with E-state index in [1.165, 1.54) is 18.2 Å². The number of alkyl halides is 3. The monoisotopic (exact) mass is 475 g/mol. The highest BCUT2D eigenvalue weighted by atomic mass is 19.4. The number of nitrogens with one attached hydrogen (secondary N) is 1. The first-order valence-corrected chi connectivity index (χ1v) is 10.7. The summed E-state index contributed by atoms with van der Waals surface area (Å²) in [5, 5.41) is 5.69. The van der Waals surface area contributed by atoms with Crippen LogP contribution < -0.4 is 15.0 Å². The topological polar surface area (TPSA) is 63.2 Å². The predicted octanol–water partition coefficient (Wildman–Crippen LogP) is 6.55. The Labute approximate surface area is 199 Å². The second-order valence-electron chi connectivity index (χ2n) is 7.88. The highest BCUT2D eigenvalue weighted by Crippen LogP contribution is 2.41. The van der Waals surface area contributed by atoms with Crippen LogP contribution in [-0.4, -0.2) is 35.4 Å². The van der Waals surface area contributed by atoms with Crippen molar-refractivity contribution >= 4 is 39.0 Å². The van der Waals surface area contributed by atoms with Gasteiger partial charge < -0.3 is 15.0 Å². The summed E-state index contributed by atoms with van der Waals surface area (Å²) in [7, 11) is 3.57. The average molecular weight is 475 g/mol. The van der Waals surface area contributed by atoms with Gasteiger partial charge in [0.15, 0.2) is 0 Å². The summed E-state index contributed by atoms with van der Waals surface area (Å²) >= 11 is 0. The molecule has 0 aliphatic heterocycles. The maximum Gasteiger partial charge on any atom is 0.573 e. The zero-order chi connectivity index (χ0) is 24.6. The summed E-state index contributed by atoms with van der Waals surface area (Å²) in [6.45, 7) is 0. The molecule has 6 nitrogen and oxygen atoms in total. The molecule has 1 N–H and O–H groups in total. The van der Waals surface area contributed by atoms with Gasteiger partial charge in [0.25, 0.3) is 0 Å². The van der Waals surface area contributed by atoms with E-state index in [-0.39, 0.29) is 5.75 Å². The van der Waals surface area contributed by atoms with Crippen molar-refractivity contribution in [3.63, 3.8) is 0 Å². The van der Waals surface area contributed by atoms with Crippen LogP contribution in [0.25, 0.3) is 32.8 Å². The highest BCUT2D eigenvalue weighted by molar-refractivity contribution is 6.04. The number of anilines is 3. The fraction of sp³-hybridized carbons (Fsp3) is 0.115. The Morgan fingerprint density at radius 2 is 1.80 bits per heavy atom. The van der Waals surface area contributed by atoms with Crippen molar-refractivity contribution in [2.24, 2.45) is 0 Å². The SMILES string of the molecule is CNc1ncc2cc(-c3c(N(C)c4cccc(OC(F)(F)F)c4)ccc4cnccc34)ccc2n1. The molecule has 176 valence electrons. The molecule has 5 aromatic rings. The third-order valence-corrected chi connectivity index (χ3v) is 5.69. The van der Waals surface area contributed by atoms with Crippen LogP contribution >= 0.6 is 0 Å². The fourth-order valence-electron chi connectivity index (χ4n) is 4.08. The largest absolute Gasteiger partial charge is 0.573 e. The van der Waals surface area contributed by atoms with E-state index in [4.69, 9.17) is 0 Å². The molecule has 9 heteroatoms. The molecule has 0 atom stereocenters. The van der Waals surface area contributed by atoms with Crippen LogP contribution in [0.5, 0.6) is 5.75 Å². The molecule has 0 unspecified atom stereocenters. The molecule has 3 aromatic carbocycles. The highest BCUT2D eigenvalue weighted by Gasteiger charge is 2.31. The predicted molar refractivity (Wildman–Crippen MR) is 131 cm³/mol. The van der Waals surface area contributed by atoms with E-state index in [1.807, 2.05) is 48.3 Å². The van der Waals surface area contributed by atoms with Crippen molar-refractivity contribution in [1.29, 1.82) is 0 Å². The van der Waals surface area contributed by atoms with Gasteiger partial charge in [-0.3, -0.25) is 4.98 Å². The van der Waals surface area contributed by atoms with Gasteiger partial charge in [-0.2, -0.15) is 0 Å². The van der Waals surface area contributed by atoms with Crippen molar-refractivity contribution in [3.8, 4) is 16.9 Å². The van der Waals surface area contributed by atoms with E-state index in [9.17, 15) is 13.2 Å². The van der Waals surface area contributed by atoms with E-state index in [0.29, 0.717) is 11.6 Å². The zero-order valence-electron chi connectivity index (χ0n) is 18.8. The number of nitrogens with zero attached hydrogens (tertiary/aromatic N) is 4. The van der Waals surface area contributed by atoms with Gasteiger partial charge in [-0.05, 0) is 47.3 Å². The Balaban J connectivity index is 1.67. The van der Waals surface area contributed by atoms with E-state index < -0.39 is 6.36 Å². The van der Waals surface area contributed by atoms with Gasteiger partial charge in [-0.15, -0.1) is 13.2 Å². The lowest BCUT2D eigenvalue weighted by molar-refractivity contribution is -0.274. The number of benzene rings is 3. The van der Waals surface area contributed by atoms with Crippen molar-refractivity contribution in [2.45, 2.75) is 6.36 Å². The molecular weight excluding hydrogens is 455 g/mol. The Hall–Kier alpha value is -4.40. The zero-order valence-corrected chi connectivity index (χ0v) is 18.8. The minimum Gasteiger partial charge on any atom is -0.406 e. The van der Waals surface area contributed by atoms with Gasteiger partial charge >= 0.3 is 6.36 Å². The Bertz CT molecular complexity index is 1540. The van der Waals surface area contributed by atoms with Crippen LogP contribution in [0.15, 0.2) is 79.3 Å². The quantitative estimate of drug-likeness (QED) is 0.311. The molecule has 0 fully saturated rings. The smallest absolute Gasteiger partial charge is 0.406 e. The minimum absolute atomic E-state index is 0.281. The molecule has 0 aliphatic rings. The number of pyridine rings is 1. The lowest BCUT2D eigenvalue weighted by atomic mass is 9.95. The molecule has 35 heavy (non-hydrogen) atoms. The average Bonchev–Trinajstić information content (AvgIpc) is 2.86. The number of ether oxygens (including phenoxy) is 1. The van der Waals surface area contributed by atoms with E-state index in [1.54, 1.807) is 31.7 Å². The van der Waals surface area contributed by atoms with Crippen LogP contribution in [0.4, 0.5) is 30.5 Å². The Kier molecular flexibility index (Phi) is 5.60. The first-order valence-electron chi connectivity index (χ1n) is 10.7. The van der Waals surface area contributed by atoms with Gasteiger partial charge in [-0.1, -0.05) is 18.2 Å². The lowest BCUT2D eigenvalue weighted by Gasteiger charge is -2.25. The van der Waals surface area contributed by atoms with Crippen molar-refractivity contribution in [2.75, 3.05) is 24.3 Å². The Morgan fingerprint density at radius 1 is 0.943 bits per heavy atom. The third-order valence-electron chi connectivity index (χ3n) is 5.69. The lowest BCUT2D eigenvalue weighted by Crippen LogP contribution is -2.17. The summed E-state index contributed by atoms with van der Waals surface area (Å²) in [5.41, 5.74) is 3.97. The summed E-state index contributed by atoms with van der Waals surface area (Å²) < 4.78 is 42.5. The van der Waals surface area contributed by atoms with E-state index in [0.717, 1.165) is 38.5 Å². The first-order chi connectivity index (χ1) is 16.8. The summed E-state index contributed by atoms with van der Waals surface area (Å²) in [6, 6.07) is 17.6. The number of hydrogen-bond donors (Lipinski definition) is 1. The molecule has 0 radical (unpaired) electrons. The molecule has 0 bridgehead atoms. The standard InChI is InChI=1S/C26H20F3N5O/c1-30-25-32-15-18-12-16(6-8-22(18)33-25)24-21-10-11-31-14-17(21)7-9-23(24)34(2)19-4-3-5-20(13-19)35-26(27,28)29/h3-15H,1-2H3,(H,30,32,33). The molecule has 0 saturated carbocycles. The molecule has 0 spiro atoms. The van der Waals surface area contributed by atoms with Crippen LogP contribution in [0, 0.1) is 0 Å². The number of fused-ring (bicyclic) bond motifs is 2. The summed E-state index contributed by atoms with van der Waals surface area (Å²) in [4.78, 5) is 14.9. The van der Waals surface area contributed by atoms with E-state index >= 15 is 0 Å². The minimum atomic E-state index is -4.77. The number of aromatic nitrogens is 3. The van der Waals surface area contributed by atoms with Crippen LogP contribution in [0.1, 0.15) is 0 Å². The normalized spacial score (nSPS) is 11.6. The maximum absolute atomic E-state index is 12.8. The maximum atomic E-state index is 12.8. The third kappa shape index (κ3) is 4.52. The molecule has 5 rings (SSSR count). The number of rotatable bonds is 5. The van der Waals surface area contributed by atoms with Crippen LogP contribution in [0.2, 0.25) is 0 Å². The van der Waals surface area contributed by atoms with Gasteiger partial charge in [0.05, 0.1) is 5.52 Å². The molecular formula is C26H20F3N5O. The number of hydrogen-bond acceptors (Lipinski definition) is 6. The van der Waals surface area contributed by atoms with Crippen LogP contribution in [0.3, 0.4) is 0 Å². The molecule has 0 aliphatic carbocycles. The Morgan fingerprint density at radius 3 is 2.60 bits per heavy atom. The second kappa shape index (κ2) is 8.75. The van der Waals surface area contributed by atoms with Crippen molar-refractivity contribution in [3.05, 3.63) is 79.3 Å². The fourth-order valence-corrected chi connectivity index (χ4v) is 4.08. The van der Waals surface area contributed by atoms with Gasteiger partial charge in [-0.25, -0.2) is 9.97 Å². The molecule has 0 saturated heterocycles. The van der Waals surface area contributed by atoms with E-state index in [2.05, 4.69) is 25.0 Å². The van der Waals surface area contributed by atoms with Crippen molar-refractivity contribution in [1.82, 2.24) is 15.0 Å².